The highest BCUT2D eigenvalue weighted by atomic mass is 16.5. The molecule has 8 nitrogen and oxygen atoms in total. The number of aromatic nitrogens is 4. The van der Waals surface area contributed by atoms with Crippen molar-refractivity contribution in [3.63, 3.8) is 0 Å². The molecule has 2 heterocycles. The lowest BCUT2D eigenvalue weighted by molar-refractivity contribution is -0.122. The number of carbonyl (C=O) groups is 1. The number of nitrogens with one attached hydrogen (secondary N) is 2. The molecule has 8 heteroatoms. The van der Waals surface area contributed by atoms with Crippen LogP contribution in [0.1, 0.15) is 84.8 Å². The number of rotatable bonds is 14. The summed E-state index contributed by atoms with van der Waals surface area (Å²) in [6.07, 6.45) is 14.7. The molecule has 2 aromatic rings. The van der Waals surface area contributed by atoms with Gasteiger partial charge in [-0.15, -0.1) is 0 Å². The number of hydrogen-bond donors (Lipinski definition) is 2. The monoisotopic (exact) mass is 470 g/mol. The van der Waals surface area contributed by atoms with E-state index in [1.165, 1.54) is 19.3 Å². The Kier molecular flexibility index (Phi) is 10.3. The number of unbranched alkanes of at least 4 members (excludes halogenated alkanes) is 3. The van der Waals surface area contributed by atoms with E-state index in [4.69, 9.17) is 14.7 Å². The Morgan fingerprint density at radius 2 is 2.06 bits per heavy atom. The third-order valence-corrected chi connectivity index (χ3v) is 6.27. The summed E-state index contributed by atoms with van der Waals surface area (Å²) in [5.74, 6) is 1.66. The molecule has 3 atom stereocenters. The fourth-order valence-corrected chi connectivity index (χ4v) is 4.55. The summed E-state index contributed by atoms with van der Waals surface area (Å²) in [4.78, 5) is 26.9. The van der Waals surface area contributed by atoms with Gasteiger partial charge in [0.25, 0.3) is 0 Å². The van der Waals surface area contributed by atoms with Gasteiger partial charge in [-0.1, -0.05) is 40.0 Å². The van der Waals surface area contributed by atoms with Crippen LogP contribution in [0.3, 0.4) is 0 Å². The van der Waals surface area contributed by atoms with Crippen molar-refractivity contribution in [2.75, 3.05) is 11.9 Å². The van der Waals surface area contributed by atoms with Crippen LogP contribution in [0.2, 0.25) is 0 Å². The fraction of sp³-hybridized carbons (Fsp3) is 0.692. The van der Waals surface area contributed by atoms with Crippen molar-refractivity contribution in [2.45, 2.75) is 104 Å². The van der Waals surface area contributed by atoms with E-state index in [9.17, 15) is 4.79 Å². The first-order chi connectivity index (χ1) is 16.5. The first-order valence-corrected chi connectivity index (χ1v) is 13.0. The predicted molar refractivity (Wildman–Crippen MR) is 135 cm³/mol. The largest absolute Gasteiger partial charge is 0.378 e. The van der Waals surface area contributed by atoms with Crippen LogP contribution in [0.4, 0.5) is 5.82 Å². The highest BCUT2D eigenvalue weighted by molar-refractivity contribution is 5.84. The van der Waals surface area contributed by atoms with Crippen molar-refractivity contribution in [1.82, 2.24) is 24.8 Å². The van der Waals surface area contributed by atoms with Gasteiger partial charge in [-0.3, -0.25) is 9.36 Å². The van der Waals surface area contributed by atoms with Crippen molar-refractivity contribution in [3.8, 4) is 5.95 Å². The molecule has 1 amide bonds. The van der Waals surface area contributed by atoms with Crippen molar-refractivity contribution >= 4 is 11.7 Å². The second-order valence-electron chi connectivity index (χ2n) is 9.75. The fourth-order valence-electron chi connectivity index (χ4n) is 4.55. The number of carbonyl (C=O) groups excluding carboxylic acids is 1. The summed E-state index contributed by atoms with van der Waals surface area (Å²) in [6.45, 7) is 9.23. The minimum absolute atomic E-state index is 0.0307. The minimum atomic E-state index is -0.357. The number of amides is 1. The Balaban J connectivity index is 1.73. The first-order valence-electron chi connectivity index (χ1n) is 13.0. The molecule has 1 aliphatic rings. The Morgan fingerprint density at radius 1 is 1.21 bits per heavy atom. The number of hydrogen-bond acceptors (Lipinski definition) is 6. The number of aryl methyl sites for hydroxylation is 1. The quantitative estimate of drug-likeness (QED) is 0.389. The maximum atomic E-state index is 13.3. The molecule has 0 aliphatic heterocycles. The lowest BCUT2D eigenvalue weighted by atomic mass is 10.0. The zero-order valence-electron chi connectivity index (χ0n) is 21.3. The average molecular weight is 471 g/mol. The summed E-state index contributed by atoms with van der Waals surface area (Å²) in [7, 11) is 0. The van der Waals surface area contributed by atoms with E-state index in [0.29, 0.717) is 17.7 Å². The van der Waals surface area contributed by atoms with E-state index < -0.39 is 0 Å². The van der Waals surface area contributed by atoms with E-state index >= 15 is 0 Å². The molecule has 0 spiro atoms. The molecule has 188 valence electrons. The highest BCUT2D eigenvalue weighted by Gasteiger charge is 2.29. The summed E-state index contributed by atoms with van der Waals surface area (Å²) in [5.41, 5.74) is 0.983. The standard InChI is InChI=1S/C26H42N6O2/c1-5-7-8-9-10-20-17-24(31-26(29-20)32-14-13-27-18-32)30-23(15-19(3)4)25(33)28-21-11-12-22(16-21)34-6-2/h13-14,17-19,21-23H,5-12,15-16H2,1-4H3,(H,28,33)(H,29,30,31)/t21?,22?,23-/m0/s1. The van der Waals surface area contributed by atoms with Gasteiger partial charge in [-0.25, -0.2) is 9.97 Å². The highest BCUT2D eigenvalue weighted by Crippen LogP contribution is 2.23. The van der Waals surface area contributed by atoms with E-state index in [-0.39, 0.29) is 24.1 Å². The molecular formula is C26H42N6O2. The van der Waals surface area contributed by atoms with Gasteiger partial charge in [0.1, 0.15) is 18.2 Å². The number of imidazole rings is 1. The van der Waals surface area contributed by atoms with E-state index in [2.05, 4.69) is 36.4 Å². The molecule has 0 bridgehead atoms. The Morgan fingerprint density at radius 3 is 2.76 bits per heavy atom. The van der Waals surface area contributed by atoms with Crippen molar-refractivity contribution in [1.29, 1.82) is 0 Å². The SMILES string of the molecule is CCCCCCc1cc(N[C@@H](CC(C)C)C(=O)NC2CCC(OCC)C2)nc(-n2ccnc2)n1. The van der Waals surface area contributed by atoms with Crippen LogP contribution in [0.25, 0.3) is 5.95 Å². The molecule has 3 rings (SSSR count). The van der Waals surface area contributed by atoms with Gasteiger partial charge in [0.15, 0.2) is 0 Å². The molecule has 1 saturated carbocycles. The van der Waals surface area contributed by atoms with Crippen LogP contribution in [0, 0.1) is 5.92 Å². The third kappa shape index (κ3) is 8.08. The Hall–Kier alpha value is -2.48. The summed E-state index contributed by atoms with van der Waals surface area (Å²) >= 11 is 0. The molecule has 2 N–H and O–H groups in total. The lowest BCUT2D eigenvalue weighted by Gasteiger charge is -2.23. The molecule has 0 radical (unpaired) electrons. The maximum absolute atomic E-state index is 13.3. The van der Waals surface area contributed by atoms with Gasteiger partial charge in [0.05, 0.1) is 6.10 Å². The summed E-state index contributed by atoms with van der Waals surface area (Å²) in [6, 6.07) is 1.80. The molecular weight excluding hydrogens is 428 g/mol. The zero-order chi connectivity index (χ0) is 24.3. The van der Waals surface area contributed by atoms with Crippen molar-refractivity contribution < 1.29 is 9.53 Å². The molecule has 2 aromatic heterocycles. The average Bonchev–Trinajstić information content (AvgIpc) is 3.49. The molecule has 0 aromatic carbocycles. The van der Waals surface area contributed by atoms with Gasteiger partial charge >= 0.3 is 0 Å². The van der Waals surface area contributed by atoms with Crippen LogP contribution in [-0.4, -0.2) is 50.2 Å². The van der Waals surface area contributed by atoms with Gasteiger partial charge in [0, 0.05) is 36.8 Å². The van der Waals surface area contributed by atoms with Crippen LogP contribution in [0.15, 0.2) is 24.8 Å². The van der Waals surface area contributed by atoms with Gasteiger partial charge in [-0.05, 0) is 51.4 Å². The lowest BCUT2D eigenvalue weighted by Crippen LogP contribution is -2.44. The smallest absolute Gasteiger partial charge is 0.242 e. The summed E-state index contributed by atoms with van der Waals surface area (Å²) < 4.78 is 7.56. The van der Waals surface area contributed by atoms with E-state index in [1.54, 1.807) is 12.5 Å². The molecule has 1 aliphatic carbocycles. The van der Waals surface area contributed by atoms with Crippen molar-refractivity contribution in [2.24, 2.45) is 5.92 Å². The van der Waals surface area contributed by atoms with Crippen LogP contribution in [0.5, 0.6) is 0 Å². The van der Waals surface area contributed by atoms with Gasteiger partial charge < -0.3 is 15.4 Å². The second kappa shape index (κ2) is 13.4. The zero-order valence-corrected chi connectivity index (χ0v) is 21.3. The van der Waals surface area contributed by atoms with Gasteiger partial charge in [0.2, 0.25) is 11.9 Å². The van der Waals surface area contributed by atoms with E-state index in [1.807, 2.05) is 23.8 Å². The van der Waals surface area contributed by atoms with E-state index in [0.717, 1.165) is 50.8 Å². The molecule has 0 saturated heterocycles. The molecule has 34 heavy (non-hydrogen) atoms. The second-order valence-corrected chi connectivity index (χ2v) is 9.75. The summed E-state index contributed by atoms with van der Waals surface area (Å²) in [5, 5.41) is 6.69. The predicted octanol–water partition coefficient (Wildman–Crippen LogP) is 4.69. The molecule has 1 fully saturated rings. The van der Waals surface area contributed by atoms with Gasteiger partial charge in [-0.2, -0.15) is 4.98 Å². The Bertz CT molecular complexity index is 870. The normalized spacial score (nSPS) is 18.9. The van der Waals surface area contributed by atoms with Crippen LogP contribution < -0.4 is 10.6 Å². The maximum Gasteiger partial charge on any atom is 0.242 e. The topological polar surface area (TPSA) is 94.0 Å². The minimum Gasteiger partial charge on any atom is -0.378 e. The molecule has 2 unspecified atom stereocenters. The number of anilines is 1. The third-order valence-electron chi connectivity index (χ3n) is 6.27. The van der Waals surface area contributed by atoms with Crippen LogP contribution >= 0.6 is 0 Å². The van der Waals surface area contributed by atoms with Crippen LogP contribution in [-0.2, 0) is 16.0 Å². The number of nitrogens with zero attached hydrogens (tertiary/aromatic N) is 4. The Labute approximate surface area is 204 Å². The first kappa shape index (κ1) is 26.1. The number of ether oxygens (including phenoxy) is 1. The van der Waals surface area contributed by atoms with Crippen molar-refractivity contribution in [3.05, 3.63) is 30.5 Å².